The summed E-state index contributed by atoms with van der Waals surface area (Å²) in [6, 6.07) is 9.42. The first-order chi connectivity index (χ1) is 10.6. The zero-order chi connectivity index (χ0) is 15.9. The first kappa shape index (κ1) is 16.7. The van der Waals surface area contributed by atoms with Crippen LogP contribution in [0.4, 0.5) is 0 Å². The van der Waals surface area contributed by atoms with Crippen LogP contribution in [0.2, 0.25) is 0 Å². The second kappa shape index (κ2) is 8.08. The van der Waals surface area contributed by atoms with Crippen LogP contribution in [-0.2, 0) is 5.75 Å². The maximum absolute atomic E-state index is 12.2. The molecule has 0 saturated carbocycles. The normalized spacial score (nSPS) is 10.9. The SMILES string of the molecule is Cc1cc(C(=O)CSCc2ccco2)ccc1OCC(C)C. The highest BCUT2D eigenvalue weighted by Crippen LogP contribution is 2.21. The summed E-state index contributed by atoms with van der Waals surface area (Å²) in [6.07, 6.45) is 1.65. The summed E-state index contributed by atoms with van der Waals surface area (Å²) in [5, 5.41) is 0. The summed E-state index contributed by atoms with van der Waals surface area (Å²) >= 11 is 1.56. The van der Waals surface area contributed by atoms with Crippen molar-refractivity contribution in [3.05, 3.63) is 53.5 Å². The van der Waals surface area contributed by atoms with Gasteiger partial charge >= 0.3 is 0 Å². The molecule has 0 fully saturated rings. The quantitative estimate of drug-likeness (QED) is 0.659. The van der Waals surface area contributed by atoms with Crippen LogP contribution in [0, 0.1) is 12.8 Å². The van der Waals surface area contributed by atoms with E-state index in [0.717, 1.165) is 22.6 Å². The fourth-order valence-electron chi connectivity index (χ4n) is 1.96. The third-order valence-corrected chi connectivity index (χ3v) is 4.08. The standard InChI is InChI=1S/C18H22O3S/c1-13(2)10-21-18-7-6-15(9-14(18)3)17(19)12-22-11-16-5-4-8-20-16/h4-9,13H,10-12H2,1-3H3. The number of Topliss-reactive ketones (excluding diaryl/α,β-unsaturated/α-hetero) is 1. The topological polar surface area (TPSA) is 39.4 Å². The zero-order valence-corrected chi connectivity index (χ0v) is 14.1. The highest BCUT2D eigenvalue weighted by atomic mass is 32.2. The van der Waals surface area contributed by atoms with Crippen LogP contribution in [-0.4, -0.2) is 18.1 Å². The number of aryl methyl sites for hydroxylation is 1. The Labute approximate surface area is 136 Å². The van der Waals surface area contributed by atoms with Crippen molar-refractivity contribution in [1.82, 2.24) is 0 Å². The van der Waals surface area contributed by atoms with Gasteiger partial charge in [-0.05, 0) is 48.7 Å². The molecule has 3 nitrogen and oxygen atoms in total. The molecule has 0 atom stereocenters. The number of furan rings is 1. The summed E-state index contributed by atoms with van der Waals surface area (Å²) in [6.45, 7) is 6.89. The fraction of sp³-hybridized carbons (Fsp3) is 0.389. The molecule has 0 aliphatic rings. The average molecular weight is 318 g/mol. The first-order valence-corrected chi connectivity index (χ1v) is 8.58. The lowest BCUT2D eigenvalue weighted by Gasteiger charge is -2.12. The zero-order valence-electron chi connectivity index (χ0n) is 13.3. The third-order valence-electron chi connectivity index (χ3n) is 3.13. The number of carbonyl (C=O) groups excluding carboxylic acids is 1. The number of ketones is 1. The van der Waals surface area contributed by atoms with Crippen molar-refractivity contribution in [2.75, 3.05) is 12.4 Å². The van der Waals surface area contributed by atoms with E-state index in [0.29, 0.717) is 24.0 Å². The Morgan fingerprint density at radius 2 is 2.14 bits per heavy atom. The van der Waals surface area contributed by atoms with Gasteiger partial charge in [0.15, 0.2) is 5.78 Å². The van der Waals surface area contributed by atoms with E-state index >= 15 is 0 Å². The summed E-state index contributed by atoms with van der Waals surface area (Å²) in [4.78, 5) is 12.2. The highest BCUT2D eigenvalue weighted by molar-refractivity contribution is 7.99. The van der Waals surface area contributed by atoms with Crippen LogP contribution >= 0.6 is 11.8 Å². The molecule has 22 heavy (non-hydrogen) atoms. The number of rotatable bonds is 8. The molecule has 2 rings (SSSR count). The van der Waals surface area contributed by atoms with E-state index in [-0.39, 0.29) is 5.78 Å². The summed E-state index contributed by atoms with van der Waals surface area (Å²) < 4.78 is 11.0. The van der Waals surface area contributed by atoms with E-state index in [9.17, 15) is 4.79 Å². The van der Waals surface area contributed by atoms with Crippen LogP contribution < -0.4 is 4.74 Å². The number of carbonyl (C=O) groups is 1. The minimum absolute atomic E-state index is 0.134. The predicted molar refractivity (Wildman–Crippen MR) is 90.7 cm³/mol. The average Bonchev–Trinajstić information content (AvgIpc) is 2.99. The number of hydrogen-bond donors (Lipinski definition) is 0. The Hall–Kier alpha value is -1.68. The lowest BCUT2D eigenvalue weighted by atomic mass is 10.1. The van der Waals surface area contributed by atoms with Crippen molar-refractivity contribution in [2.24, 2.45) is 5.92 Å². The predicted octanol–water partition coefficient (Wildman–Crippen LogP) is 4.74. The van der Waals surface area contributed by atoms with Gasteiger partial charge in [0.1, 0.15) is 11.5 Å². The molecule has 0 aliphatic carbocycles. The number of benzene rings is 1. The van der Waals surface area contributed by atoms with Gasteiger partial charge in [-0.2, -0.15) is 0 Å². The van der Waals surface area contributed by atoms with Crippen LogP contribution in [0.1, 0.15) is 35.5 Å². The van der Waals surface area contributed by atoms with Crippen molar-refractivity contribution < 1.29 is 13.9 Å². The van der Waals surface area contributed by atoms with Crippen LogP contribution in [0.3, 0.4) is 0 Å². The highest BCUT2D eigenvalue weighted by Gasteiger charge is 2.10. The Balaban J connectivity index is 1.88. The molecule has 2 aromatic rings. The molecule has 0 amide bonds. The summed E-state index contributed by atoms with van der Waals surface area (Å²) in [7, 11) is 0. The van der Waals surface area contributed by atoms with Gasteiger partial charge in [0, 0.05) is 5.56 Å². The van der Waals surface area contributed by atoms with Crippen LogP contribution in [0.25, 0.3) is 0 Å². The molecule has 1 heterocycles. The minimum Gasteiger partial charge on any atom is -0.493 e. The molecule has 0 aliphatic heterocycles. The maximum Gasteiger partial charge on any atom is 0.172 e. The molecule has 0 saturated heterocycles. The molecule has 1 aromatic carbocycles. The van der Waals surface area contributed by atoms with E-state index in [1.807, 2.05) is 37.3 Å². The lowest BCUT2D eigenvalue weighted by molar-refractivity contribution is 0.102. The summed E-state index contributed by atoms with van der Waals surface area (Å²) in [5.74, 6) is 3.54. The molecule has 0 spiro atoms. The van der Waals surface area contributed by atoms with Crippen molar-refractivity contribution in [3.8, 4) is 5.75 Å². The molecule has 118 valence electrons. The number of hydrogen-bond acceptors (Lipinski definition) is 4. The van der Waals surface area contributed by atoms with Crippen molar-refractivity contribution in [1.29, 1.82) is 0 Å². The minimum atomic E-state index is 0.134. The third kappa shape index (κ3) is 4.95. The van der Waals surface area contributed by atoms with E-state index in [1.165, 1.54) is 0 Å². The molecule has 0 N–H and O–H groups in total. The van der Waals surface area contributed by atoms with Gasteiger partial charge in [0.25, 0.3) is 0 Å². The summed E-state index contributed by atoms with van der Waals surface area (Å²) in [5.41, 5.74) is 1.74. The first-order valence-electron chi connectivity index (χ1n) is 7.43. The van der Waals surface area contributed by atoms with Gasteiger partial charge < -0.3 is 9.15 Å². The number of ether oxygens (including phenoxy) is 1. The second-order valence-electron chi connectivity index (χ2n) is 5.68. The molecule has 4 heteroatoms. The molecular weight excluding hydrogens is 296 g/mol. The Morgan fingerprint density at radius 1 is 1.32 bits per heavy atom. The van der Waals surface area contributed by atoms with Gasteiger partial charge in [-0.1, -0.05) is 13.8 Å². The van der Waals surface area contributed by atoms with Gasteiger partial charge in [-0.15, -0.1) is 11.8 Å². The van der Waals surface area contributed by atoms with Crippen molar-refractivity contribution >= 4 is 17.5 Å². The monoisotopic (exact) mass is 318 g/mol. The van der Waals surface area contributed by atoms with E-state index < -0.39 is 0 Å². The number of thioether (sulfide) groups is 1. The van der Waals surface area contributed by atoms with Gasteiger partial charge in [0.05, 0.1) is 24.4 Å². The molecule has 0 radical (unpaired) electrons. The van der Waals surface area contributed by atoms with E-state index in [4.69, 9.17) is 9.15 Å². The smallest absolute Gasteiger partial charge is 0.172 e. The molecule has 0 bridgehead atoms. The van der Waals surface area contributed by atoms with Crippen LogP contribution in [0.5, 0.6) is 5.75 Å². The van der Waals surface area contributed by atoms with E-state index in [2.05, 4.69) is 13.8 Å². The molecular formula is C18H22O3S. The maximum atomic E-state index is 12.2. The van der Waals surface area contributed by atoms with Crippen molar-refractivity contribution in [3.63, 3.8) is 0 Å². The van der Waals surface area contributed by atoms with E-state index in [1.54, 1.807) is 18.0 Å². The van der Waals surface area contributed by atoms with Gasteiger partial charge in [-0.3, -0.25) is 4.79 Å². The van der Waals surface area contributed by atoms with Crippen molar-refractivity contribution in [2.45, 2.75) is 26.5 Å². The Bertz CT molecular complexity index is 603. The molecule has 0 unspecified atom stereocenters. The van der Waals surface area contributed by atoms with Gasteiger partial charge in [0.2, 0.25) is 0 Å². The Kier molecular flexibility index (Phi) is 6.13. The van der Waals surface area contributed by atoms with Crippen LogP contribution in [0.15, 0.2) is 41.0 Å². The molecule has 1 aromatic heterocycles. The largest absolute Gasteiger partial charge is 0.493 e. The fourth-order valence-corrected chi connectivity index (χ4v) is 2.78. The second-order valence-corrected chi connectivity index (χ2v) is 6.67. The Morgan fingerprint density at radius 3 is 2.77 bits per heavy atom. The lowest BCUT2D eigenvalue weighted by Crippen LogP contribution is -2.07. The van der Waals surface area contributed by atoms with Gasteiger partial charge in [-0.25, -0.2) is 0 Å².